The van der Waals surface area contributed by atoms with Crippen molar-refractivity contribution >= 4 is 34.9 Å². The second-order valence-electron chi connectivity index (χ2n) is 9.79. The summed E-state index contributed by atoms with van der Waals surface area (Å²) in [5.41, 5.74) is -2.61. The van der Waals surface area contributed by atoms with Crippen LogP contribution in [-0.2, 0) is 19.1 Å². The van der Waals surface area contributed by atoms with Crippen LogP contribution < -0.4 is 0 Å². The average Bonchev–Trinajstić information content (AvgIpc) is 3.14. The Labute approximate surface area is 217 Å². The molecule has 0 aliphatic heterocycles. The zero-order valence-corrected chi connectivity index (χ0v) is 21.0. The van der Waals surface area contributed by atoms with Crippen molar-refractivity contribution in [3.05, 3.63) is 79.9 Å². The van der Waals surface area contributed by atoms with Crippen molar-refractivity contribution < 1.29 is 38.5 Å². The van der Waals surface area contributed by atoms with Crippen LogP contribution in [0.2, 0.25) is 0 Å². The number of nitro benzene ring substituents is 2. The molecule has 0 unspecified atom stereocenters. The summed E-state index contributed by atoms with van der Waals surface area (Å²) in [6.45, 7) is 3.76. The minimum Gasteiger partial charge on any atom is -0.457 e. The minimum absolute atomic E-state index is 0.0257. The Morgan fingerprint density at radius 2 is 1.32 bits per heavy atom. The van der Waals surface area contributed by atoms with Gasteiger partial charge < -0.3 is 9.47 Å². The van der Waals surface area contributed by atoms with E-state index in [1.54, 1.807) is 20.8 Å². The van der Waals surface area contributed by atoms with Gasteiger partial charge >= 0.3 is 11.9 Å². The van der Waals surface area contributed by atoms with Crippen LogP contribution in [0.1, 0.15) is 54.3 Å². The number of rotatable bonds is 10. The molecule has 1 aliphatic carbocycles. The maximum absolute atomic E-state index is 13.1. The van der Waals surface area contributed by atoms with E-state index >= 15 is 0 Å². The highest BCUT2D eigenvalue weighted by molar-refractivity contribution is 5.99. The van der Waals surface area contributed by atoms with E-state index in [0.717, 1.165) is 12.1 Å². The number of esters is 2. The zero-order chi connectivity index (χ0) is 28.3. The second-order valence-corrected chi connectivity index (χ2v) is 9.79. The molecule has 2 aromatic carbocycles. The lowest BCUT2D eigenvalue weighted by Crippen LogP contribution is -2.44. The number of benzene rings is 2. The summed E-state index contributed by atoms with van der Waals surface area (Å²) in [4.78, 5) is 71.4. The van der Waals surface area contributed by atoms with Crippen LogP contribution >= 0.6 is 0 Å². The molecule has 12 heteroatoms. The monoisotopic (exact) mass is 526 g/mol. The Morgan fingerprint density at radius 3 is 1.79 bits per heavy atom. The van der Waals surface area contributed by atoms with E-state index in [-0.39, 0.29) is 35.3 Å². The smallest absolute Gasteiger partial charge is 0.312 e. The van der Waals surface area contributed by atoms with Crippen LogP contribution in [0.4, 0.5) is 11.4 Å². The van der Waals surface area contributed by atoms with Crippen LogP contribution in [0.5, 0.6) is 0 Å². The number of non-ortho nitro benzene ring substituents is 2. The van der Waals surface area contributed by atoms with E-state index in [1.807, 2.05) is 0 Å². The molecule has 38 heavy (non-hydrogen) atoms. The van der Waals surface area contributed by atoms with Gasteiger partial charge in [0.25, 0.3) is 11.4 Å². The molecular weight excluding hydrogens is 500 g/mol. The first kappa shape index (κ1) is 28.1. The fourth-order valence-electron chi connectivity index (χ4n) is 4.56. The number of carbonyl (C=O) groups excluding carboxylic acids is 4. The number of ether oxygens (including phenoxy) is 2. The molecule has 1 aliphatic rings. The maximum Gasteiger partial charge on any atom is 0.312 e. The van der Waals surface area contributed by atoms with Crippen molar-refractivity contribution in [2.45, 2.75) is 33.6 Å². The summed E-state index contributed by atoms with van der Waals surface area (Å²) < 4.78 is 10.5. The number of hydrogen-bond acceptors (Lipinski definition) is 10. The third kappa shape index (κ3) is 5.58. The summed E-state index contributed by atoms with van der Waals surface area (Å²) in [5, 5.41) is 21.9. The van der Waals surface area contributed by atoms with Gasteiger partial charge in [-0.25, -0.2) is 0 Å². The lowest BCUT2D eigenvalue weighted by molar-refractivity contribution is -0.385. The largest absolute Gasteiger partial charge is 0.457 e. The molecule has 1 fully saturated rings. The van der Waals surface area contributed by atoms with E-state index in [1.165, 1.54) is 36.4 Å². The lowest BCUT2D eigenvalue weighted by atomic mass is 9.65. The molecule has 0 saturated heterocycles. The standard InChI is InChI=1S/C26H26N2O10/c1-25(2)20(23(31)37-14-21(29)16-6-4-8-18(12-16)27(33)34)10-11-26(25,3)24(32)38-15-22(30)17-7-5-9-19(13-17)28(35)36/h4-9,12-13,20H,10-11,14-15H2,1-3H3/t20-,26-/m0/s1. The van der Waals surface area contributed by atoms with Gasteiger partial charge in [0.2, 0.25) is 11.6 Å². The molecule has 2 aromatic rings. The summed E-state index contributed by atoms with van der Waals surface area (Å²) in [6, 6.07) is 10.1. The maximum atomic E-state index is 13.1. The Hall–Kier alpha value is -4.48. The fraction of sp³-hybridized carbons (Fsp3) is 0.385. The number of nitro groups is 2. The Morgan fingerprint density at radius 1 is 0.842 bits per heavy atom. The highest BCUT2D eigenvalue weighted by Gasteiger charge is 2.59. The van der Waals surface area contributed by atoms with Gasteiger partial charge in [-0.15, -0.1) is 0 Å². The van der Waals surface area contributed by atoms with Gasteiger partial charge in [0, 0.05) is 35.4 Å². The van der Waals surface area contributed by atoms with Crippen molar-refractivity contribution in [2.75, 3.05) is 13.2 Å². The van der Waals surface area contributed by atoms with Gasteiger partial charge in [-0.1, -0.05) is 38.1 Å². The topological polar surface area (TPSA) is 173 Å². The highest BCUT2D eigenvalue weighted by atomic mass is 16.6. The molecule has 2 atom stereocenters. The van der Waals surface area contributed by atoms with Gasteiger partial charge in [-0.2, -0.15) is 0 Å². The van der Waals surface area contributed by atoms with Gasteiger partial charge in [0.15, 0.2) is 13.2 Å². The molecule has 0 spiro atoms. The molecule has 1 saturated carbocycles. The summed E-state index contributed by atoms with van der Waals surface area (Å²) in [6.07, 6.45) is 0.518. The van der Waals surface area contributed by atoms with Crippen molar-refractivity contribution in [3.63, 3.8) is 0 Å². The quantitative estimate of drug-likeness (QED) is 0.190. The minimum atomic E-state index is -1.16. The van der Waals surface area contributed by atoms with Crippen LogP contribution in [0, 0.1) is 37.0 Å². The van der Waals surface area contributed by atoms with Gasteiger partial charge in [-0.05, 0) is 25.2 Å². The molecule has 3 rings (SSSR count). The van der Waals surface area contributed by atoms with Gasteiger partial charge in [0.05, 0.1) is 21.2 Å². The van der Waals surface area contributed by atoms with Crippen LogP contribution in [0.25, 0.3) is 0 Å². The molecule has 0 bridgehead atoms. The molecule has 0 N–H and O–H groups in total. The molecule has 200 valence electrons. The van der Waals surface area contributed by atoms with Crippen molar-refractivity contribution in [2.24, 2.45) is 16.7 Å². The lowest BCUT2D eigenvalue weighted by Gasteiger charge is -2.38. The van der Waals surface area contributed by atoms with E-state index in [0.29, 0.717) is 0 Å². The molecule has 0 radical (unpaired) electrons. The highest BCUT2D eigenvalue weighted by Crippen LogP contribution is 2.56. The van der Waals surface area contributed by atoms with E-state index in [9.17, 15) is 39.4 Å². The van der Waals surface area contributed by atoms with Crippen LogP contribution in [-0.4, -0.2) is 46.6 Å². The number of hydrogen-bond donors (Lipinski definition) is 0. The molecule has 12 nitrogen and oxygen atoms in total. The molecular formula is C26H26N2O10. The van der Waals surface area contributed by atoms with Crippen molar-refractivity contribution in [1.82, 2.24) is 0 Å². The zero-order valence-electron chi connectivity index (χ0n) is 21.0. The summed E-state index contributed by atoms with van der Waals surface area (Å²) >= 11 is 0. The van der Waals surface area contributed by atoms with Crippen molar-refractivity contribution in [1.29, 1.82) is 0 Å². The number of nitrogens with zero attached hydrogens (tertiary/aromatic N) is 2. The Kier molecular flexibility index (Phi) is 8.04. The first-order chi connectivity index (χ1) is 17.8. The van der Waals surface area contributed by atoms with E-state index < -0.39 is 63.3 Å². The number of carbonyl (C=O) groups is 4. The van der Waals surface area contributed by atoms with Crippen LogP contribution in [0.3, 0.4) is 0 Å². The van der Waals surface area contributed by atoms with Gasteiger partial charge in [0.1, 0.15) is 0 Å². The SMILES string of the molecule is CC1(C)[C@H](C(=O)OCC(=O)c2cccc([N+](=O)[O-])c2)CC[C@@]1(C)C(=O)OCC(=O)c1cccc([N+](=O)[O-])c1. The van der Waals surface area contributed by atoms with Crippen LogP contribution in [0.15, 0.2) is 48.5 Å². The molecule has 0 heterocycles. The average molecular weight is 526 g/mol. The fourth-order valence-corrected chi connectivity index (χ4v) is 4.56. The normalized spacial score (nSPS) is 19.8. The third-order valence-electron chi connectivity index (χ3n) is 7.40. The van der Waals surface area contributed by atoms with Crippen molar-refractivity contribution in [3.8, 4) is 0 Å². The predicted molar refractivity (Wildman–Crippen MR) is 131 cm³/mol. The first-order valence-electron chi connectivity index (χ1n) is 11.7. The van der Waals surface area contributed by atoms with Gasteiger partial charge in [-0.3, -0.25) is 39.4 Å². The molecule has 0 amide bonds. The van der Waals surface area contributed by atoms with E-state index in [4.69, 9.17) is 9.47 Å². The van der Waals surface area contributed by atoms with E-state index in [2.05, 4.69) is 0 Å². The second kappa shape index (κ2) is 10.9. The predicted octanol–water partition coefficient (Wildman–Crippen LogP) is 4.10. The molecule has 0 aromatic heterocycles. The Balaban J connectivity index is 1.62. The number of Topliss-reactive ketones (excluding diaryl/α,β-unsaturated/α-hetero) is 2. The summed E-state index contributed by atoms with van der Waals surface area (Å²) in [7, 11) is 0. The first-order valence-corrected chi connectivity index (χ1v) is 11.7. The number of ketones is 2. The third-order valence-corrected chi connectivity index (χ3v) is 7.40. The summed E-state index contributed by atoms with van der Waals surface area (Å²) in [5.74, 6) is -3.38. The Bertz CT molecular complexity index is 1320.